The first kappa shape index (κ1) is 13.9. The quantitative estimate of drug-likeness (QED) is 0.847. The monoisotopic (exact) mass is 267 g/mol. The van der Waals surface area contributed by atoms with E-state index in [1.165, 1.54) is 0 Å². The first-order chi connectivity index (χ1) is 9.76. The van der Waals surface area contributed by atoms with Gasteiger partial charge in [-0.3, -0.25) is 4.79 Å². The second kappa shape index (κ2) is 6.58. The van der Waals surface area contributed by atoms with Crippen molar-refractivity contribution in [2.24, 2.45) is 0 Å². The van der Waals surface area contributed by atoms with Crippen LogP contribution in [0.3, 0.4) is 0 Å². The molecule has 0 aliphatic carbocycles. The zero-order valence-electron chi connectivity index (χ0n) is 11.5. The molecule has 0 aliphatic heterocycles. The van der Waals surface area contributed by atoms with Crippen molar-refractivity contribution in [1.82, 2.24) is 9.88 Å². The van der Waals surface area contributed by atoms with Gasteiger partial charge in [-0.15, -0.1) is 0 Å². The van der Waals surface area contributed by atoms with Crippen LogP contribution in [0, 0.1) is 11.3 Å². The van der Waals surface area contributed by atoms with Gasteiger partial charge >= 0.3 is 0 Å². The predicted octanol–water partition coefficient (Wildman–Crippen LogP) is 2.70. The fourth-order valence-corrected chi connectivity index (χ4v) is 2.16. The van der Waals surface area contributed by atoms with E-state index >= 15 is 0 Å². The van der Waals surface area contributed by atoms with E-state index in [1.807, 2.05) is 43.5 Å². The van der Waals surface area contributed by atoms with Crippen molar-refractivity contribution in [3.05, 3.63) is 42.1 Å². The zero-order chi connectivity index (χ0) is 14.4. The number of carbonyl (C=O) groups is 1. The third-order valence-electron chi connectivity index (χ3n) is 3.05. The molecule has 102 valence electrons. The summed E-state index contributed by atoms with van der Waals surface area (Å²) in [6.45, 7) is 3.17. The van der Waals surface area contributed by atoms with Crippen molar-refractivity contribution in [2.45, 2.75) is 19.9 Å². The molecule has 20 heavy (non-hydrogen) atoms. The highest BCUT2D eigenvalue weighted by molar-refractivity contribution is 5.96. The number of likely N-dealkylation sites (N-methyl/N-ethyl adjacent to an activating group) is 1. The van der Waals surface area contributed by atoms with Crippen LogP contribution in [-0.4, -0.2) is 17.0 Å². The van der Waals surface area contributed by atoms with E-state index in [1.54, 1.807) is 6.08 Å². The lowest BCUT2D eigenvalue weighted by atomic mass is 10.1. The average molecular weight is 267 g/mol. The maximum atomic E-state index is 11.5. The van der Waals surface area contributed by atoms with Crippen LogP contribution >= 0.6 is 0 Å². The van der Waals surface area contributed by atoms with Crippen LogP contribution in [0.2, 0.25) is 0 Å². The summed E-state index contributed by atoms with van der Waals surface area (Å²) in [5.41, 5.74) is 2.07. The molecule has 1 aromatic heterocycles. The summed E-state index contributed by atoms with van der Waals surface area (Å²) in [6, 6.07) is 10.1. The van der Waals surface area contributed by atoms with E-state index in [-0.39, 0.29) is 5.91 Å². The van der Waals surface area contributed by atoms with Crippen LogP contribution in [-0.2, 0) is 11.3 Å². The number of nitrogens with zero attached hydrogens (tertiary/aromatic N) is 2. The molecule has 0 fully saturated rings. The summed E-state index contributed by atoms with van der Waals surface area (Å²) in [4.78, 5) is 11.5. The van der Waals surface area contributed by atoms with Gasteiger partial charge in [0, 0.05) is 41.8 Å². The van der Waals surface area contributed by atoms with E-state index in [2.05, 4.69) is 16.0 Å². The minimum absolute atomic E-state index is 0.0960. The normalized spacial score (nSPS) is 10.8. The van der Waals surface area contributed by atoms with Crippen molar-refractivity contribution in [2.75, 3.05) is 6.54 Å². The Balaban J connectivity index is 2.34. The van der Waals surface area contributed by atoms with E-state index in [0.717, 1.165) is 16.5 Å². The number of nitrogens with one attached hydrogen (secondary N) is 1. The number of carbonyl (C=O) groups excluding carboxylic acids is 1. The van der Waals surface area contributed by atoms with Crippen LogP contribution in [0.5, 0.6) is 0 Å². The summed E-state index contributed by atoms with van der Waals surface area (Å²) in [5, 5.41) is 12.5. The van der Waals surface area contributed by atoms with Crippen LogP contribution in [0.15, 0.2) is 36.5 Å². The van der Waals surface area contributed by atoms with E-state index in [4.69, 9.17) is 5.26 Å². The molecule has 0 atom stereocenters. The minimum atomic E-state index is -0.0960. The first-order valence-electron chi connectivity index (χ1n) is 6.67. The molecule has 1 aromatic carbocycles. The van der Waals surface area contributed by atoms with E-state index in [0.29, 0.717) is 19.5 Å². The van der Waals surface area contributed by atoms with E-state index in [9.17, 15) is 4.79 Å². The Bertz CT molecular complexity index is 677. The number of hydrogen-bond donors (Lipinski definition) is 1. The molecule has 4 nitrogen and oxygen atoms in total. The van der Waals surface area contributed by atoms with Crippen LogP contribution in [0.4, 0.5) is 0 Å². The predicted molar refractivity (Wildman–Crippen MR) is 79.9 cm³/mol. The molecular weight excluding hydrogens is 250 g/mol. The Morgan fingerprint density at radius 2 is 2.25 bits per heavy atom. The number of rotatable bonds is 5. The molecule has 0 spiro atoms. The third kappa shape index (κ3) is 3.07. The van der Waals surface area contributed by atoms with Gasteiger partial charge in [-0.2, -0.15) is 5.26 Å². The molecule has 0 saturated heterocycles. The number of fused-ring (bicyclic) bond motifs is 1. The molecule has 0 saturated carbocycles. The average Bonchev–Trinajstić information content (AvgIpc) is 2.82. The standard InChI is InChI=1S/C16H17N3O/c1-2-18-16(20)9-8-13-12-19(11-5-10-17)15-7-4-3-6-14(13)15/h3-4,6-9,12H,2,5,11H2,1H3,(H,18,20). The fraction of sp³-hybridized carbons (Fsp3) is 0.250. The first-order valence-corrected chi connectivity index (χ1v) is 6.67. The van der Waals surface area contributed by atoms with Gasteiger partial charge in [0.05, 0.1) is 12.5 Å². The van der Waals surface area contributed by atoms with Crippen molar-refractivity contribution in [1.29, 1.82) is 5.26 Å². The molecule has 2 aromatic rings. The fourth-order valence-electron chi connectivity index (χ4n) is 2.16. The molecule has 2 rings (SSSR count). The largest absolute Gasteiger partial charge is 0.353 e. The minimum Gasteiger partial charge on any atom is -0.353 e. The maximum Gasteiger partial charge on any atom is 0.243 e. The smallest absolute Gasteiger partial charge is 0.243 e. The van der Waals surface area contributed by atoms with Crippen LogP contribution < -0.4 is 5.32 Å². The summed E-state index contributed by atoms with van der Waals surface area (Å²) in [7, 11) is 0. The lowest BCUT2D eigenvalue weighted by Crippen LogP contribution is -2.19. The van der Waals surface area contributed by atoms with Gasteiger partial charge in [0.25, 0.3) is 0 Å². The van der Waals surface area contributed by atoms with Crippen molar-refractivity contribution in [3.8, 4) is 6.07 Å². The lowest BCUT2D eigenvalue weighted by Gasteiger charge is -2.00. The molecule has 1 heterocycles. The number of aromatic nitrogens is 1. The molecule has 1 amide bonds. The third-order valence-corrected chi connectivity index (χ3v) is 3.05. The summed E-state index contributed by atoms with van der Waals surface area (Å²) in [6.07, 6.45) is 5.81. The number of para-hydroxylation sites is 1. The van der Waals surface area contributed by atoms with Gasteiger partial charge < -0.3 is 9.88 Å². The topological polar surface area (TPSA) is 57.8 Å². The van der Waals surface area contributed by atoms with Gasteiger partial charge in [-0.05, 0) is 19.1 Å². The Labute approximate surface area is 118 Å². The Hall–Kier alpha value is -2.54. The Morgan fingerprint density at radius 1 is 1.45 bits per heavy atom. The summed E-state index contributed by atoms with van der Waals surface area (Å²) in [5.74, 6) is -0.0960. The summed E-state index contributed by atoms with van der Waals surface area (Å²) < 4.78 is 2.05. The highest BCUT2D eigenvalue weighted by Gasteiger charge is 2.05. The molecular formula is C16H17N3O. The van der Waals surface area contributed by atoms with Crippen molar-refractivity contribution >= 4 is 22.9 Å². The van der Waals surface area contributed by atoms with Gasteiger partial charge in [-0.25, -0.2) is 0 Å². The SMILES string of the molecule is CCNC(=O)C=Cc1cn(CCC#N)c2ccccc12. The number of benzene rings is 1. The second-order valence-electron chi connectivity index (χ2n) is 4.43. The van der Waals surface area contributed by atoms with Crippen molar-refractivity contribution < 1.29 is 4.79 Å². The Kier molecular flexibility index (Phi) is 4.56. The highest BCUT2D eigenvalue weighted by Crippen LogP contribution is 2.22. The van der Waals surface area contributed by atoms with Gasteiger partial charge in [0.1, 0.15) is 0 Å². The molecule has 0 aliphatic rings. The number of amides is 1. The van der Waals surface area contributed by atoms with Crippen molar-refractivity contribution in [3.63, 3.8) is 0 Å². The Morgan fingerprint density at radius 3 is 3.00 bits per heavy atom. The van der Waals surface area contributed by atoms with Crippen LogP contribution in [0.25, 0.3) is 17.0 Å². The molecule has 4 heteroatoms. The van der Waals surface area contributed by atoms with E-state index < -0.39 is 0 Å². The maximum absolute atomic E-state index is 11.5. The molecule has 0 radical (unpaired) electrons. The number of hydrogen-bond acceptors (Lipinski definition) is 2. The summed E-state index contributed by atoms with van der Waals surface area (Å²) >= 11 is 0. The molecule has 0 unspecified atom stereocenters. The van der Waals surface area contributed by atoms with Gasteiger partial charge in [-0.1, -0.05) is 18.2 Å². The van der Waals surface area contributed by atoms with Crippen LogP contribution in [0.1, 0.15) is 18.9 Å². The second-order valence-corrected chi connectivity index (χ2v) is 4.43. The lowest BCUT2D eigenvalue weighted by molar-refractivity contribution is -0.116. The number of nitriles is 1. The zero-order valence-corrected chi connectivity index (χ0v) is 11.5. The molecule has 0 bridgehead atoms. The van der Waals surface area contributed by atoms with Gasteiger partial charge in [0.2, 0.25) is 5.91 Å². The molecule has 1 N–H and O–H groups in total. The highest BCUT2D eigenvalue weighted by atomic mass is 16.1. The van der Waals surface area contributed by atoms with Gasteiger partial charge in [0.15, 0.2) is 0 Å². The number of aryl methyl sites for hydroxylation is 1.